The second kappa shape index (κ2) is 6.48. The van der Waals surface area contributed by atoms with Crippen LogP contribution < -0.4 is 10.2 Å². The minimum atomic E-state index is -0.187. The first-order chi connectivity index (χ1) is 12.5. The molecule has 4 rings (SSSR count). The molecule has 4 heterocycles. The highest BCUT2D eigenvalue weighted by atomic mass is 16.5. The molecule has 1 saturated heterocycles. The number of fused-ring (bicyclic) bond motifs is 1. The number of rotatable bonds is 2. The van der Waals surface area contributed by atoms with Gasteiger partial charge in [0.05, 0.1) is 12.3 Å². The lowest BCUT2D eigenvalue weighted by molar-refractivity contribution is 0.0787. The lowest BCUT2D eigenvalue weighted by Gasteiger charge is -2.23. The largest absolute Gasteiger partial charge is 0.492 e. The number of aromatic nitrogens is 2. The average molecular weight is 354 g/mol. The van der Waals surface area contributed by atoms with Crippen molar-refractivity contribution < 1.29 is 14.3 Å². The third-order valence-corrected chi connectivity index (χ3v) is 5.17. The smallest absolute Gasteiger partial charge is 0.270 e. The fourth-order valence-electron chi connectivity index (χ4n) is 3.81. The molecule has 1 atom stereocenters. The standard InChI is InChI=1S/C19H22N4O3/c1-12(24)23-8-4-13(10-17(23)20)14-5-9-26-16-11-15(21-18(14)16)19(25)22-6-2-3-7-22/h4,8,10-11,14,20-21H,2-3,5-7,9H2,1H3. The Hall–Kier alpha value is -2.83. The van der Waals surface area contributed by atoms with E-state index >= 15 is 0 Å². The molecule has 7 heteroatoms. The Morgan fingerprint density at radius 1 is 1.27 bits per heavy atom. The Labute approximate surface area is 151 Å². The molecule has 0 bridgehead atoms. The number of carbonyl (C=O) groups excluding carboxylic acids is 2. The molecule has 26 heavy (non-hydrogen) atoms. The number of amides is 1. The number of hydrogen-bond donors (Lipinski definition) is 2. The second-order valence-corrected chi connectivity index (χ2v) is 6.88. The highest BCUT2D eigenvalue weighted by molar-refractivity contribution is 5.93. The summed E-state index contributed by atoms with van der Waals surface area (Å²) in [6.07, 6.45) is 4.50. The van der Waals surface area contributed by atoms with Crippen LogP contribution in [0.3, 0.4) is 0 Å². The van der Waals surface area contributed by atoms with Gasteiger partial charge in [-0.05, 0) is 37.0 Å². The van der Waals surface area contributed by atoms with Gasteiger partial charge in [-0.15, -0.1) is 0 Å². The van der Waals surface area contributed by atoms with E-state index in [0.29, 0.717) is 18.1 Å². The first-order valence-corrected chi connectivity index (χ1v) is 8.97. The zero-order chi connectivity index (χ0) is 18.3. The van der Waals surface area contributed by atoms with Crippen LogP contribution in [-0.2, 0) is 0 Å². The molecule has 0 saturated carbocycles. The Kier molecular flexibility index (Phi) is 4.14. The SMILES string of the molecule is CC(=O)n1ccc(C2CCOc3cc(C(=O)N4CCCC4)[nH]c32)cc1=N. The van der Waals surface area contributed by atoms with E-state index < -0.39 is 0 Å². The van der Waals surface area contributed by atoms with Gasteiger partial charge in [0.15, 0.2) is 0 Å². The van der Waals surface area contributed by atoms with Crippen molar-refractivity contribution >= 4 is 11.8 Å². The number of ether oxygens (including phenoxy) is 1. The number of pyridine rings is 1. The van der Waals surface area contributed by atoms with E-state index in [2.05, 4.69) is 4.98 Å². The van der Waals surface area contributed by atoms with Crippen LogP contribution in [0.25, 0.3) is 0 Å². The van der Waals surface area contributed by atoms with Crippen LogP contribution in [0, 0.1) is 5.41 Å². The van der Waals surface area contributed by atoms with Crippen molar-refractivity contribution in [2.24, 2.45) is 0 Å². The molecule has 0 spiro atoms. The van der Waals surface area contributed by atoms with E-state index in [1.807, 2.05) is 11.0 Å². The van der Waals surface area contributed by atoms with Crippen molar-refractivity contribution in [2.45, 2.75) is 32.1 Å². The van der Waals surface area contributed by atoms with Crippen LogP contribution in [0.4, 0.5) is 0 Å². The van der Waals surface area contributed by atoms with Crippen molar-refractivity contribution in [1.82, 2.24) is 14.5 Å². The molecule has 2 aliphatic rings. The quantitative estimate of drug-likeness (QED) is 0.865. The van der Waals surface area contributed by atoms with E-state index in [0.717, 1.165) is 43.6 Å². The Morgan fingerprint density at radius 3 is 2.73 bits per heavy atom. The topological polar surface area (TPSA) is 91.2 Å². The summed E-state index contributed by atoms with van der Waals surface area (Å²) in [5, 5.41) is 8.07. The molecule has 0 aliphatic carbocycles. The summed E-state index contributed by atoms with van der Waals surface area (Å²) in [7, 11) is 0. The van der Waals surface area contributed by atoms with Gasteiger partial charge in [-0.25, -0.2) is 0 Å². The molecule has 0 aromatic carbocycles. The van der Waals surface area contributed by atoms with Crippen molar-refractivity contribution in [3.8, 4) is 5.75 Å². The zero-order valence-electron chi connectivity index (χ0n) is 14.7. The maximum Gasteiger partial charge on any atom is 0.270 e. The maximum atomic E-state index is 12.6. The fourth-order valence-corrected chi connectivity index (χ4v) is 3.81. The van der Waals surface area contributed by atoms with Crippen molar-refractivity contribution in [3.63, 3.8) is 0 Å². The molecular weight excluding hydrogens is 332 g/mol. The summed E-state index contributed by atoms with van der Waals surface area (Å²) in [5.74, 6) is 0.554. The summed E-state index contributed by atoms with van der Waals surface area (Å²) < 4.78 is 7.06. The monoisotopic (exact) mass is 354 g/mol. The summed E-state index contributed by atoms with van der Waals surface area (Å²) in [6.45, 7) is 3.60. The molecule has 2 aromatic heterocycles. The van der Waals surface area contributed by atoms with E-state index in [1.54, 1.807) is 18.3 Å². The molecule has 0 radical (unpaired) electrons. The van der Waals surface area contributed by atoms with Gasteiger partial charge in [-0.1, -0.05) is 0 Å². The molecule has 2 aromatic rings. The van der Waals surface area contributed by atoms with Crippen LogP contribution in [0.15, 0.2) is 24.4 Å². The van der Waals surface area contributed by atoms with Crippen LogP contribution in [-0.4, -0.2) is 46.0 Å². The minimum absolute atomic E-state index is 0.0166. The number of nitrogens with zero attached hydrogens (tertiary/aromatic N) is 2. The van der Waals surface area contributed by atoms with Gasteiger partial charge in [0.25, 0.3) is 5.91 Å². The summed E-state index contributed by atoms with van der Waals surface area (Å²) in [5.41, 5.74) is 2.53. The lowest BCUT2D eigenvalue weighted by Crippen LogP contribution is -2.28. The van der Waals surface area contributed by atoms with Crippen molar-refractivity contribution in [2.75, 3.05) is 19.7 Å². The molecule has 136 valence electrons. The molecule has 1 unspecified atom stereocenters. The van der Waals surface area contributed by atoms with Gasteiger partial charge in [0, 0.05) is 38.2 Å². The normalized spacial score (nSPS) is 19.1. The number of aromatic amines is 1. The molecular formula is C19H22N4O3. The van der Waals surface area contributed by atoms with Crippen LogP contribution in [0.2, 0.25) is 0 Å². The van der Waals surface area contributed by atoms with Crippen molar-refractivity contribution in [3.05, 3.63) is 46.8 Å². The average Bonchev–Trinajstić information content (AvgIpc) is 3.29. The van der Waals surface area contributed by atoms with Crippen LogP contribution >= 0.6 is 0 Å². The second-order valence-electron chi connectivity index (χ2n) is 6.88. The van der Waals surface area contributed by atoms with E-state index in [1.165, 1.54) is 11.5 Å². The Morgan fingerprint density at radius 2 is 2.04 bits per heavy atom. The predicted molar refractivity (Wildman–Crippen MR) is 94.5 cm³/mol. The number of H-pyrrole nitrogens is 1. The molecule has 1 fully saturated rings. The maximum absolute atomic E-state index is 12.6. The highest BCUT2D eigenvalue weighted by Gasteiger charge is 2.29. The summed E-state index contributed by atoms with van der Waals surface area (Å²) in [6, 6.07) is 5.37. The molecule has 7 nitrogen and oxygen atoms in total. The minimum Gasteiger partial charge on any atom is -0.492 e. The fraction of sp³-hybridized carbons (Fsp3) is 0.421. The van der Waals surface area contributed by atoms with Gasteiger partial charge < -0.3 is 14.6 Å². The van der Waals surface area contributed by atoms with E-state index in [9.17, 15) is 9.59 Å². The molecule has 2 aliphatic heterocycles. The zero-order valence-corrected chi connectivity index (χ0v) is 14.7. The third-order valence-electron chi connectivity index (χ3n) is 5.17. The van der Waals surface area contributed by atoms with Crippen LogP contribution in [0.5, 0.6) is 5.75 Å². The Balaban J connectivity index is 1.67. The van der Waals surface area contributed by atoms with Gasteiger partial charge in [0.1, 0.15) is 16.9 Å². The van der Waals surface area contributed by atoms with Gasteiger partial charge in [-0.3, -0.25) is 19.6 Å². The van der Waals surface area contributed by atoms with Crippen LogP contribution in [0.1, 0.15) is 58.6 Å². The number of nitrogens with one attached hydrogen (secondary N) is 2. The summed E-state index contributed by atoms with van der Waals surface area (Å²) in [4.78, 5) is 29.3. The van der Waals surface area contributed by atoms with Gasteiger partial charge in [0.2, 0.25) is 5.91 Å². The first kappa shape index (κ1) is 16.6. The third kappa shape index (κ3) is 2.83. The number of carbonyl (C=O) groups is 2. The predicted octanol–water partition coefficient (Wildman–Crippen LogP) is 2.11. The molecule has 2 N–H and O–H groups in total. The number of hydrogen-bond acceptors (Lipinski definition) is 4. The summed E-state index contributed by atoms with van der Waals surface area (Å²) >= 11 is 0. The number of likely N-dealkylation sites (tertiary alicyclic amines) is 1. The Bertz CT molecular complexity index is 921. The first-order valence-electron chi connectivity index (χ1n) is 8.97. The van der Waals surface area contributed by atoms with E-state index in [-0.39, 0.29) is 23.2 Å². The van der Waals surface area contributed by atoms with E-state index in [4.69, 9.17) is 10.1 Å². The van der Waals surface area contributed by atoms with Crippen molar-refractivity contribution in [1.29, 1.82) is 5.41 Å². The highest BCUT2D eigenvalue weighted by Crippen LogP contribution is 2.38. The molecule has 1 amide bonds. The van der Waals surface area contributed by atoms with Gasteiger partial charge >= 0.3 is 0 Å². The lowest BCUT2D eigenvalue weighted by atomic mass is 9.92. The van der Waals surface area contributed by atoms with Gasteiger partial charge in [-0.2, -0.15) is 0 Å².